The molecule has 0 aliphatic heterocycles. The summed E-state index contributed by atoms with van der Waals surface area (Å²) in [5.41, 5.74) is 1.20. The zero-order valence-electron chi connectivity index (χ0n) is 15.1. The minimum Gasteiger partial charge on any atom is -0.494 e. The molecule has 0 amide bonds. The number of guanidine groups is 1. The third kappa shape index (κ3) is 9.29. The number of nitrogens with zero attached hydrogens (tertiary/aromatic N) is 2. The first kappa shape index (κ1) is 22.9. The highest BCUT2D eigenvalue weighted by atomic mass is 127. The normalized spacial score (nSPS) is 10.9. The van der Waals surface area contributed by atoms with Crippen molar-refractivity contribution in [2.45, 2.75) is 13.5 Å². The first-order valence-electron chi connectivity index (χ1n) is 7.91. The molecule has 0 unspecified atom stereocenters. The SMILES string of the molecule is CCOc1ccc(CN(C)C(=NC)NCCOCCOC)cc1.I. The molecule has 1 aromatic rings. The predicted octanol–water partition coefficient (Wildman–Crippen LogP) is 2.37. The summed E-state index contributed by atoms with van der Waals surface area (Å²) in [7, 11) is 5.46. The Balaban J connectivity index is 0.00000529. The van der Waals surface area contributed by atoms with Gasteiger partial charge in [-0.15, -0.1) is 24.0 Å². The van der Waals surface area contributed by atoms with Gasteiger partial charge in [-0.05, 0) is 24.6 Å². The van der Waals surface area contributed by atoms with Gasteiger partial charge >= 0.3 is 0 Å². The van der Waals surface area contributed by atoms with Crippen LogP contribution in [-0.2, 0) is 16.0 Å². The molecule has 1 N–H and O–H groups in total. The Kier molecular flexibility index (Phi) is 13.7. The van der Waals surface area contributed by atoms with Crippen molar-refractivity contribution in [2.75, 3.05) is 54.2 Å². The fourth-order valence-electron chi connectivity index (χ4n) is 2.07. The molecule has 0 aliphatic carbocycles. The monoisotopic (exact) mass is 451 g/mol. The summed E-state index contributed by atoms with van der Waals surface area (Å²) in [6.45, 7) is 6.00. The van der Waals surface area contributed by atoms with E-state index in [1.165, 1.54) is 5.56 Å². The average molecular weight is 451 g/mol. The first-order chi connectivity index (χ1) is 11.2. The lowest BCUT2D eigenvalue weighted by atomic mass is 10.2. The van der Waals surface area contributed by atoms with Crippen molar-refractivity contribution in [3.8, 4) is 5.75 Å². The number of halogens is 1. The number of benzene rings is 1. The summed E-state index contributed by atoms with van der Waals surface area (Å²) in [5, 5.41) is 3.28. The Morgan fingerprint density at radius 1 is 1.17 bits per heavy atom. The molecule has 1 rings (SSSR count). The van der Waals surface area contributed by atoms with Crippen LogP contribution < -0.4 is 10.1 Å². The molecule has 0 aromatic heterocycles. The average Bonchev–Trinajstić information content (AvgIpc) is 2.56. The molecule has 0 saturated heterocycles. The Morgan fingerprint density at radius 2 is 1.88 bits per heavy atom. The Labute approximate surface area is 162 Å². The number of rotatable bonds is 10. The van der Waals surface area contributed by atoms with Crippen LogP contribution >= 0.6 is 24.0 Å². The second kappa shape index (κ2) is 14.3. The van der Waals surface area contributed by atoms with Crippen LogP contribution in [0, 0.1) is 0 Å². The van der Waals surface area contributed by atoms with Crippen molar-refractivity contribution in [1.82, 2.24) is 10.2 Å². The van der Waals surface area contributed by atoms with Crippen LogP contribution in [0.5, 0.6) is 5.75 Å². The molecule has 0 saturated carbocycles. The second-order valence-corrected chi connectivity index (χ2v) is 5.01. The summed E-state index contributed by atoms with van der Waals surface area (Å²) >= 11 is 0. The largest absolute Gasteiger partial charge is 0.494 e. The van der Waals surface area contributed by atoms with E-state index in [0.717, 1.165) is 18.3 Å². The smallest absolute Gasteiger partial charge is 0.193 e. The highest BCUT2D eigenvalue weighted by molar-refractivity contribution is 14.0. The first-order valence-corrected chi connectivity index (χ1v) is 7.91. The van der Waals surface area contributed by atoms with Crippen molar-refractivity contribution in [3.63, 3.8) is 0 Å². The summed E-state index contributed by atoms with van der Waals surface area (Å²) in [6.07, 6.45) is 0. The van der Waals surface area contributed by atoms with Gasteiger partial charge in [0.05, 0.1) is 26.4 Å². The molecule has 1 aromatic carbocycles. The van der Waals surface area contributed by atoms with E-state index in [1.54, 1.807) is 14.2 Å². The van der Waals surface area contributed by atoms with Gasteiger partial charge in [0.15, 0.2) is 5.96 Å². The molecule has 138 valence electrons. The number of methoxy groups -OCH3 is 1. The number of aliphatic imine (C=N–C) groups is 1. The van der Waals surface area contributed by atoms with Crippen molar-refractivity contribution < 1.29 is 14.2 Å². The van der Waals surface area contributed by atoms with Gasteiger partial charge in [-0.3, -0.25) is 4.99 Å². The summed E-state index contributed by atoms with van der Waals surface area (Å²) < 4.78 is 15.8. The van der Waals surface area contributed by atoms with Gasteiger partial charge in [0.1, 0.15) is 5.75 Å². The van der Waals surface area contributed by atoms with Gasteiger partial charge in [0, 0.05) is 34.3 Å². The molecule has 0 heterocycles. The van der Waals surface area contributed by atoms with Crippen molar-refractivity contribution >= 4 is 29.9 Å². The maximum absolute atomic E-state index is 5.46. The van der Waals surface area contributed by atoms with E-state index < -0.39 is 0 Å². The number of hydrogen-bond acceptors (Lipinski definition) is 4. The van der Waals surface area contributed by atoms with E-state index in [9.17, 15) is 0 Å². The lowest BCUT2D eigenvalue weighted by molar-refractivity contribution is 0.0731. The van der Waals surface area contributed by atoms with Crippen molar-refractivity contribution in [1.29, 1.82) is 0 Å². The highest BCUT2D eigenvalue weighted by Gasteiger charge is 2.06. The number of nitrogens with one attached hydrogen (secondary N) is 1. The third-order valence-electron chi connectivity index (χ3n) is 3.19. The summed E-state index contributed by atoms with van der Waals surface area (Å²) in [5.74, 6) is 1.74. The van der Waals surface area contributed by atoms with Crippen LogP contribution in [0.4, 0.5) is 0 Å². The maximum Gasteiger partial charge on any atom is 0.193 e. The lowest BCUT2D eigenvalue weighted by Gasteiger charge is -2.22. The van der Waals surface area contributed by atoms with Crippen LogP contribution in [0.15, 0.2) is 29.3 Å². The van der Waals surface area contributed by atoms with Crippen LogP contribution in [0.25, 0.3) is 0 Å². The molecule has 6 nitrogen and oxygen atoms in total. The highest BCUT2D eigenvalue weighted by Crippen LogP contribution is 2.13. The second-order valence-electron chi connectivity index (χ2n) is 5.01. The van der Waals surface area contributed by atoms with Gasteiger partial charge in [-0.2, -0.15) is 0 Å². The zero-order valence-corrected chi connectivity index (χ0v) is 17.4. The molecule has 0 fully saturated rings. The third-order valence-corrected chi connectivity index (χ3v) is 3.19. The Hall–Kier alpha value is -1.06. The van der Waals surface area contributed by atoms with E-state index in [0.29, 0.717) is 33.0 Å². The topological polar surface area (TPSA) is 55.3 Å². The molecule has 0 bridgehead atoms. The van der Waals surface area contributed by atoms with Crippen LogP contribution in [0.3, 0.4) is 0 Å². The van der Waals surface area contributed by atoms with E-state index >= 15 is 0 Å². The van der Waals surface area contributed by atoms with E-state index in [2.05, 4.69) is 27.3 Å². The fraction of sp³-hybridized carbons (Fsp3) is 0.588. The standard InChI is InChI=1S/C17H29N3O3.HI/c1-5-23-16-8-6-15(7-9-16)14-20(3)17(18-2)19-10-11-22-13-12-21-4;/h6-9H,5,10-14H2,1-4H3,(H,18,19);1H. The molecule has 24 heavy (non-hydrogen) atoms. The van der Waals surface area contributed by atoms with Gasteiger partial charge in [-0.1, -0.05) is 12.1 Å². The minimum atomic E-state index is 0. The molecule has 7 heteroatoms. The van der Waals surface area contributed by atoms with Gasteiger partial charge < -0.3 is 24.4 Å². The van der Waals surface area contributed by atoms with Crippen LogP contribution in [-0.4, -0.2) is 65.0 Å². The minimum absolute atomic E-state index is 0. The molecule has 0 aliphatic rings. The maximum atomic E-state index is 5.46. The molecule has 0 radical (unpaired) electrons. The van der Waals surface area contributed by atoms with Gasteiger partial charge in [0.2, 0.25) is 0 Å². The number of hydrogen-bond donors (Lipinski definition) is 1. The van der Waals surface area contributed by atoms with Crippen molar-refractivity contribution in [3.05, 3.63) is 29.8 Å². The lowest BCUT2D eigenvalue weighted by Crippen LogP contribution is -2.40. The Morgan fingerprint density at radius 3 is 2.46 bits per heavy atom. The van der Waals surface area contributed by atoms with Gasteiger partial charge in [-0.25, -0.2) is 0 Å². The van der Waals surface area contributed by atoms with E-state index in [1.807, 2.05) is 26.1 Å². The van der Waals surface area contributed by atoms with Crippen molar-refractivity contribution in [2.24, 2.45) is 4.99 Å². The van der Waals surface area contributed by atoms with E-state index in [4.69, 9.17) is 14.2 Å². The molecule has 0 atom stereocenters. The summed E-state index contributed by atoms with van der Waals surface area (Å²) in [4.78, 5) is 6.37. The summed E-state index contributed by atoms with van der Waals surface area (Å²) in [6, 6.07) is 8.13. The number of ether oxygens (including phenoxy) is 3. The van der Waals surface area contributed by atoms with Crippen LogP contribution in [0.1, 0.15) is 12.5 Å². The van der Waals surface area contributed by atoms with Crippen LogP contribution in [0.2, 0.25) is 0 Å². The quantitative estimate of drug-likeness (QED) is 0.256. The predicted molar refractivity (Wildman–Crippen MR) is 109 cm³/mol. The molecular weight excluding hydrogens is 421 g/mol. The fourth-order valence-corrected chi connectivity index (χ4v) is 2.07. The zero-order chi connectivity index (χ0) is 16.9. The molecule has 0 spiro atoms. The van der Waals surface area contributed by atoms with E-state index in [-0.39, 0.29) is 24.0 Å². The van der Waals surface area contributed by atoms with Gasteiger partial charge in [0.25, 0.3) is 0 Å². The molecular formula is C17H30IN3O3. The Bertz CT molecular complexity index is 455.